The van der Waals surface area contributed by atoms with Crippen LogP contribution >= 0.6 is 0 Å². The van der Waals surface area contributed by atoms with E-state index in [0.29, 0.717) is 0 Å². The van der Waals surface area contributed by atoms with Crippen molar-refractivity contribution in [2.24, 2.45) is 21.4 Å². The van der Waals surface area contributed by atoms with Gasteiger partial charge in [-0.2, -0.15) is 0 Å². The van der Waals surface area contributed by atoms with Crippen molar-refractivity contribution < 1.29 is 0 Å². The zero-order chi connectivity index (χ0) is 9.10. The average molecular weight is 174 g/mol. The molecule has 0 saturated heterocycles. The first-order valence-corrected chi connectivity index (χ1v) is 4.17. The van der Waals surface area contributed by atoms with Gasteiger partial charge in [-0.1, -0.05) is 29.5 Å². The van der Waals surface area contributed by atoms with Gasteiger partial charge in [0.1, 0.15) is 0 Å². The first-order valence-electron chi connectivity index (χ1n) is 4.17. The lowest BCUT2D eigenvalue weighted by Gasteiger charge is -1.95. The Morgan fingerprint density at radius 2 is 2.00 bits per heavy atom. The number of fused-ring (bicyclic) bond motifs is 1. The molecular formula is C9H10N4. The van der Waals surface area contributed by atoms with Gasteiger partial charge in [0.05, 0.1) is 5.71 Å². The van der Waals surface area contributed by atoms with Crippen LogP contribution in [0.1, 0.15) is 17.5 Å². The fraction of sp³-hybridized carbons (Fsp3) is 0.222. The normalized spacial score (nSPS) is 18.3. The molecule has 0 radical (unpaired) electrons. The summed E-state index contributed by atoms with van der Waals surface area (Å²) >= 11 is 0. The number of hydrogen-bond acceptors (Lipinski definition) is 2. The Bertz CT molecular complexity index is 368. The highest BCUT2D eigenvalue weighted by atomic mass is 15.5. The zero-order valence-corrected chi connectivity index (χ0v) is 7.14. The SMILES string of the molecule is NN=NN=C1CCc2ccccc21. The number of rotatable bonds is 1. The van der Waals surface area contributed by atoms with E-state index >= 15 is 0 Å². The molecule has 0 spiro atoms. The quantitative estimate of drug-likeness (QED) is 0.393. The fourth-order valence-corrected chi connectivity index (χ4v) is 1.59. The van der Waals surface area contributed by atoms with Crippen LogP contribution < -0.4 is 5.84 Å². The van der Waals surface area contributed by atoms with Gasteiger partial charge >= 0.3 is 0 Å². The molecular weight excluding hydrogens is 164 g/mol. The molecule has 0 aliphatic heterocycles. The third-order valence-corrected chi connectivity index (χ3v) is 2.18. The minimum absolute atomic E-state index is 0.929. The molecule has 0 aromatic heterocycles. The van der Waals surface area contributed by atoms with Crippen LogP contribution in [-0.2, 0) is 6.42 Å². The molecule has 4 nitrogen and oxygen atoms in total. The van der Waals surface area contributed by atoms with E-state index in [1.165, 1.54) is 11.1 Å². The molecule has 4 heteroatoms. The average Bonchev–Trinajstić information content (AvgIpc) is 2.58. The molecule has 0 fully saturated rings. The van der Waals surface area contributed by atoms with E-state index in [2.05, 4.69) is 21.6 Å². The maximum atomic E-state index is 4.88. The summed E-state index contributed by atoms with van der Waals surface area (Å²) in [7, 11) is 0. The molecule has 2 rings (SSSR count). The second-order valence-corrected chi connectivity index (χ2v) is 2.91. The molecule has 0 amide bonds. The predicted octanol–water partition coefficient (Wildman–Crippen LogP) is 1.66. The van der Waals surface area contributed by atoms with Gasteiger partial charge in [-0.25, -0.2) is 0 Å². The van der Waals surface area contributed by atoms with Gasteiger partial charge in [-0.05, 0) is 23.6 Å². The van der Waals surface area contributed by atoms with E-state index in [1.807, 2.05) is 18.2 Å². The van der Waals surface area contributed by atoms with Crippen molar-refractivity contribution in [1.29, 1.82) is 0 Å². The molecule has 13 heavy (non-hydrogen) atoms. The van der Waals surface area contributed by atoms with Crippen LogP contribution in [-0.4, -0.2) is 5.71 Å². The molecule has 66 valence electrons. The van der Waals surface area contributed by atoms with Crippen LogP contribution in [0.4, 0.5) is 0 Å². The standard InChI is InChI=1S/C9H10N4/c10-12-13-11-9-6-5-7-3-1-2-4-8(7)9/h1-4H,5-6H2,(H2,10,13). The molecule has 0 unspecified atom stereocenters. The Labute approximate surface area is 76.1 Å². The summed E-state index contributed by atoms with van der Waals surface area (Å²) in [5.41, 5.74) is 3.48. The van der Waals surface area contributed by atoms with Crippen molar-refractivity contribution in [2.45, 2.75) is 12.8 Å². The van der Waals surface area contributed by atoms with Crippen molar-refractivity contribution in [1.82, 2.24) is 0 Å². The molecule has 1 aliphatic carbocycles. The van der Waals surface area contributed by atoms with E-state index in [-0.39, 0.29) is 0 Å². The number of benzene rings is 1. The molecule has 1 aromatic carbocycles. The summed E-state index contributed by atoms with van der Waals surface area (Å²) < 4.78 is 0. The predicted molar refractivity (Wildman–Crippen MR) is 50.3 cm³/mol. The molecule has 1 aliphatic rings. The van der Waals surface area contributed by atoms with Crippen molar-refractivity contribution in [3.63, 3.8) is 0 Å². The summed E-state index contributed by atoms with van der Waals surface area (Å²) in [5, 5.41) is 10.5. The zero-order valence-electron chi connectivity index (χ0n) is 7.14. The van der Waals surface area contributed by atoms with Crippen LogP contribution in [0.3, 0.4) is 0 Å². The van der Waals surface area contributed by atoms with Crippen LogP contribution in [0.25, 0.3) is 0 Å². The number of nitrogens with two attached hydrogens (primary N) is 1. The molecule has 0 bridgehead atoms. The van der Waals surface area contributed by atoms with Crippen LogP contribution in [0.5, 0.6) is 0 Å². The highest BCUT2D eigenvalue weighted by molar-refractivity contribution is 6.04. The minimum atomic E-state index is 0.929. The second-order valence-electron chi connectivity index (χ2n) is 2.91. The monoisotopic (exact) mass is 174 g/mol. The van der Waals surface area contributed by atoms with Crippen molar-refractivity contribution >= 4 is 5.71 Å². The second kappa shape index (κ2) is 3.35. The van der Waals surface area contributed by atoms with Crippen LogP contribution in [0, 0.1) is 0 Å². The lowest BCUT2D eigenvalue weighted by atomic mass is 10.1. The third kappa shape index (κ3) is 1.42. The largest absolute Gasteiger partial charge is 0.303 e. The van der Waals surface area contributed by atoms with E-state index in [0.717, 1.165) is 18.6 Å². The van der Waals surface area contributed by atoms with E-state index < -0.39 is 0 Å². The minimum Gasteiger partial charge on any atom is -0.303 e. The van der Waals surface area contributed by atoms with Gasteiger partial charge in [0, 0.05) is 5.56 Å². The van der Waals surface area contributed by atoms with Gasteiger partial charge < -0.3 is 5.84 Å². The maximum absolute atomic E-state index is 4.88. The number of aryl methyl sites for hydroxylation is 1. The maximum Gasteiger partial charge on any atom is 0.0727 e. The van der Waals surface area contributed by atoms with Gasteiger partial charge in [0.25, 0.3) is 0 Å². The van der Waals surface area contributed by atoms with Crippen molar-refractivity contribution in [2.75, 3.05) is 0 Å². The smallest absolute Gasteiger partial charge is 0.0727 e. The van der Waals surface area contributed by atoms with E-state index in [4.69, 9.17) is 5.84 Å². The molecule has 0 heterocycles. The van der Waals surface area contributed by atoms with E-state index in [1.54, 1.807) is 0 Å². The van der Waals surface area contributed by atoms with E-state index in [9.17, 15) is 0 Å². The summed E-state index contributed by atoms with van der Waals surface area (Å²) in [6, 6.07) is 8.19. The summed E-state index contributed by atoms with van der Waals surface area (Å²) in [5.74, 6) is 4.88. The fourth-order valence-electron chi connectivity index (χ4n) is 1.59. The topological polar surface area (TPSA) is 63.1 Å². The molecule has 0 atom stereocenters. The highest BCUT2D eigenvalue weighted by Crippen LogP contribution is 2.21. The lowest BCUT2D eigenvalue weighted by Crippen LogP contribution is -1.92. The van der Waals surface area contributed by atoms with Gasteiger partial charge in [-0.3, -0.25) is 0 Å². The summed E-state index contributed by atoms with van der Waals surface area (Å²) in [6.07, 6.45) is 1.97. The summed E-state index contributed by atoms with van der Waals surface area (Å²) in [6.45, 7) is 0. The van der Waals surface area contributed by atoms with Gasteiger partial charge in [0.2, 0.25) is 0 Å². The third-order valence-electron chi connectivity index (χ3n) is 2.18. The molecule has 1 aromatic rings. The lowest BCUT2D eigenvalue weighted by molar-refractivity contribution is 0.948. The Morgan fingerprint density at radius 3 is 2.85 bits per heavy atom. The van der Waals surface area contributed by atoms with Crippen LogP contribution in [0.15, 0.2) is 39.8 Å². The van der Waals surface area contributed by atoms with Crippen molar-refractivity contribution in [3.05, 3.63) is 35.4 Å². The Morgan fingerprint density at radius 1 is 1.15 bits per heavy atom. The Kier molecular flexibility index (Phi) is 2.04. The first kappa shape index (κ1) is 7.91. The highest BCUT2D eigenvalue weighted by Gasteiger charge is 2.16. The van der Waals surface area contributed by atoms with Crippen molar-refractivity contribution in [3.8, 4) is 0 Å². The molecule has 2 N–H and O–H groups in total. The first-order chi connectivity index (χ1) is 6.42. The van der Waals surface area contributed by atoms with Crippen LogP contribution in [0.2, 0.25) is 0 Å². The molecule has 0 saturated carbocycles. The van der Waals surface area contributed by atoms with Gasteiger partial charge in [0.15, 0.2) is 0 Å². The number of hydrogen-bond donors (Lipinski definition) is 1. The Hall–Kier alpha value is -1.71. The summed E-state index contributed by atoms with van der Waals surface area (Å²) in [4.78, 5) is 0. The number of nitrogens with zero attached hydrogens (tertiary/aromatic N) is 3. The van der Waals surface area contributed by atoms with Gasteiger partial charge in [-0.15, -0.1) is 5.10 Å². The Balaban J connectivity index is 2.38.